The molecular formula is C12H8FN5O. The van der Waals surface area contributed by atoms with E-state index in [0.717, 1.165) is 6.20 Å². The van der Waals surface area contributed by atoms with Crippen molar-refractivity contribution in [2.75, 3.05) is 5.73 Å². The molecule has 3 aromatic rings. The highest BCUT2D eigenvalue weighted by molar-refractivity contribution is 5.55. The van der Waals surface area contributed by atoms with Crippen LogP contribution >= 0.6 is 0 Å². The average molecular weight is 257 g/mol. The molecule has 94 valence electrons. The quantitative estimate of drug-likeness (QED) is 0.754. The van der Waals surface area contributed by atoms with Gasteiger partial charge in [-0.1, -0.05) is 5.16 Å². The van der Waals surface area contributed by atoms with Crippen LogP contribution in [0.4, 0.5) is 10.1 Å². The Kier molecular flexibility index (Phi) is 2.64. The highest BCUT2D eigenvalue weighted by Crippen LogP contribution is 2.19. The molecule has 0 saturated heterocycles. The maximum absolute atomic E-state index is 12.8. The molecule has 0 aromatic carbocycles. The van der Waals surface area contributed by atoms with Crippen LogP contribution in [-0.4, -0.2) is 20.1 Å². The number of anilines is 1. The van der Waals surface area contributed by atoms with Crippen molar-refractivity contribution in [1.82, 2.24) is 20.1 Å². The van der Waals surface area contributed by atoms with Gasteiger partial charge in [-0.3, -0.25) is 0 Å². The number of nitrogens with two attached hydrogens (primary N) is 1. The summed E-state index contributed by atoms with van der Waals surface area (Å²) in [5.74, 6) is 0.0995. The highest BCUT2D eigenvalue weighted by Gasteiger charge is 2.12. The van der Waals surface area contributed by atoms with Crippen molar-refractivity contribution >= 4 is 5.69 Å². The zero-order chi connectivity index (χ0) is 13.2. The van der Waals surface area contributed by atoms with Crippen LogP contribution in [0.25, 0.3) is 23.1 Å². The third kappa shape index (κ3) is 2.25. The molecule has 2 N–H and O–H groups in total. The van der Waals surface area contributed by atoms with Crippen LogP contribution in [0.3, 0.4) is 0 Å². The molecule has 0 aliphatic carbocycles. The van der Waals surface area contributed by atoms with E-state index in [1.54, 1.807) is 12.1 Å². The van der Waals surface area contributed by atoms with Gasteiger partial charge in [0.2, 0.25) is 5.82 Å². The fourth-order valence-corrected chi connectivity index (χ4v) is 1.47. The summed E-state index contributed by atoms with van der Waals surface area (Å²) in [5.41, 5.74) is 7.02. The molecule has 0 bridgehead atoms. The second-order valence-electron chi connectivity index (χ2n) is 3.76. The van der Waals surface area contributed by atoms with Crippen LogP contribution < -0.4 is 5.73 Å². The molecule has 0 fully saturated rings. The van der Waals surface area contributed by atoms with Gasteiger partial charge in [0.15, 0.2) is 0 Å². The molecule has 0 saturated carbocycles. The summed E-state index contributed by atoms with van der Waals surface area (Å²) in [7, 11) is 0. The van der Waals surface area contributed by atoms with Crippen molar-refractivity contribution in [2.45, 2.75) is 0 Å². The predicted molar refractivity (Wildman–Crippen MR) is 65.1 cm³/mol. The maximum atomic E-state index is 12.8. The average Bonchev–Trinajstić information content (AvgIpc) is 2.90. The minimum absolute atomic E-state index is 0.251. The first kappa shape index (κ1) is 11.3. The van der Waals surface area contributed by atoms with Crippen molar-refractivity contribution < 1.29 is 8.91 Å². The van der Waals surface area contributed by atoms with Crippen LogP contribution in [0, 0.1) is 5.82 Å². The van der Waals surface area contributed by atoms with Crippen molar-refractivity contribution in [3.8, 4) is 23.1 Å². The summed E-state index contributed by atoms with van der Waals surface area (Å²) < 4.78 is 17.8. The van der Waals surface area contributed by atoms with E-state index in [9.17, 15) is 4.39 Å². The fraction of sp³-hybridized carbons (Fsp3) is 0. The first-order chi connectivity index (χ1) is 9.22. The number of hydrogen-bond donors (Lipinski definition) is 1. The van der Waals surface area contributed by atoms with E-state index >= 15 is 0 Å². The number of pyridine rings is 2. The molecule has 0 atom stereocenters. The molecule has 0 aliphatic heterocycles. The molecule has 0 radical (unpaired) electrons. The van der Waals surface area contributed by atoms with E-state index in [1.165, 1.54) is 18.3 Å². The largest absolute Gasteiger partial charge is 0.397 e. The van der Waals surface area contributed by atoms with Crippen LogP contribution in [0.2, 0.25) is 0 Å². The molecule has 3 rings (SSSR count). The van der Waals surface area contributed by atoms with Crippen LogP contribution in [0.1, 0.15) is 0 Å². The van der Waals surface area contributed by atoms with Gasteiger partial charge in [-0.05, 0) is 24.3 Å². The summed E-state index contributed by atoms with van der Waals surface area (Å²) in [5, 5.41) is 3.77. The number of nitrogen functional groups attached to an aromatic ring is 1. The lowest BCUT2D eigenvalue weighted by molar-refractivity contribution is 0.431. The molecule has 3 heterocycles. The Morgan fingerprint density at radius 2 is 1.79 bits per heavy atom. The van der Waals surface area contributed by atoms with E-state index in [2.05, 4.69) is 20.1 Å². The van der Waals surface area contributed by atoms with Crippen molar-refractivity contribution in [3.63, 3.8) is 0 Å². The third-order valence-corrected chi connectivity index (χ3v) is 2.39. The van der Waals surface area contributed by atoms with E-state index in [4.69, 9.17) is 10.3 Å². The van der Waals surface area contributed by atoms with Gasteiger partial charge in [0, 0.05) is 0 Å². The number of hydrogen-bond acceptors (Lipinski definition) is 6. The molecule has 19 heavy (non-hydrogen) atoms. The van der Waals surface area contributed by atoms with Gasteiger partial charge in [-0.2, -0.15) is 4.98 Å². The highest BCUT2D eigenvalue weighted by atomic mass is 19.1. The summed E-state index contributed by atoms with van der Waals surface area (Å²) >= 11 is 0. The fourth-order valence-electron chi connectivity index (χ4n) is 1.47. The first-order valence-electron chi connectivity index (χ1n) is 5.40. The molecule has 0 spiro atoms. The van der Waals surface area contributed by atoms with E-state index in [1.807, 2.05) is 0 Å². The molecule has 0 aliphatic rings. The Labute approximate surface area is 107 Å². The van der Waals surface area contributed by atoms with Crippen LogP contribution in [0.15, 0.2) is 41.2 Å². The van der Waals surface area contributed by atoms with E-state index in [0.29, 0.717) is 17.1 Å². The lowest BCUT2D eigenvalue weighted by Crippen LogP contribution is -1.89. The lowest BCUT2D eigenvalue weighted by Gasteiger charge is -1.93. The standard InChI is InChI=1S/C12H8FN5O/c13-7-1-3-9(15-5-7)11-17-12(19-18-11)10-4-2-8(14)6-16-10/h1-6H,14H2. The number of rotatable bonds is 2. The van der Waals surface area contributed by atoms with Crippen molar-refractivity contribution in [3.05, 3.63) is 42.5 Å². The van der Waals surface area contributed by atoms with Crippen molar-refractivity contribution in [1.29, 1.82) is 0 Å². The summed E-state index contributed by atoms with van der Waals surface area (Å²) in [4.78, 5) is 12.1. The topological polar surface area (TPSA) is 90.7 Å². The zero-order valence-electron chi connectivity index (χ0n) is 9.62. The van der Waals surface area contributed by atoms with Crippen molar-refractivity contribution in [2.24, 2.45) is 0 Å². The number of nitrogens with zero attached hydrogens (tertiary/aromatic N) is 4. The van der Waals surface area contributed by atoms with E-state index in [-0.39, 0.29) is 11.7 Å². The smallest absolute Gasteiger partial charge is 0.276 e. The van der Waals surface area contributed by atoms with Gasteiger partial charge in [-0.25, -0.2) is 14.4 Å². The molecular weight excluding hydrogens is 249 g/mol. The normalized spacial score (nSPS) is 10.6. The molecule has 6 nitrogen and oxygen atoms in total. The molecule has 7 heteroatoms. The second kappa shape index (κ2) is 4.45. The molecule has 0 amide bonds. The Morgan fingerprint density at radius 3 is 2.47 bits per heavy atom. The Bertz CT molecular complexity index is 633. The predicted octanol–water partition coefficient (Wildman–Crippen LogP) is 1.91. The summed E-state index contributed by atoms with van der Waals surface area (Å²) in [6, 6.07) is 6.10. The van der Waals surface area contributed by atoms with Crippen LogP contribution in [0.5, 0.6) is 0 Å². The van der Waals surface area contributed by atoms with E-state index < -0.39 is 5.82 Å². The summed E-state index contributed by atoms with van der Waals surface area (Å²) in [6.45, 7) is 0. The van der Waals surface area contributed by atoms with Gasteiger partial charge in [0.1, 0.15) is 17.2 Å². The third-order valence-electron chi connectivity index (χ3n) is 2.39. The number of halogens is 1. The number of aromatic nitrogens is 4. The second-order valence-corrected chi connectivity index (χ2v) is 3.76. The Hall–Kier alpha value is -2.83. The Morgan fingerprint density at radius 1 is 1.00 bits per heavy atom. The minimum atomic E-state index is -0.423. The van der Waals surface area contributed by atoms with Gasteiger partial charge < -0.3 is 10.3 Å². The zero-order valence-corrected chi connectivity index (χ0v) is 9.62. The monoisotopic (exact) mass is 257 g/mol. The first-order valence-corrected chi connectivity index (χ1v) is 5.40. The van der Waals surface area contributed by atoms with Gasteiger partial charge in [0.25, 0.3) is 5.89 Å². The van der Waals surface area contributed by atoms with Gasteiger partial charge in [0.05, 0.1) is 18.1 Å². The molecule has 0 unspecified atom stereocenters. The van der Waals surface area contributed by atoms with Gasteiger partial charge in [-0.15, -0.1) is 0 Å². The Balaban J connectivity index is 1.95. The minimum Gasteiger partial charge on any atom is -0.397 e. The van der Waals surface area contributed by atoms with Crippen LogP contribution in [-0.2, 0) is 0 Å². The summed E-state index contributed by atoms with van der Waals surface area (Å²) in [6.07, 6.45) is 2.59. The lowest BCUT2D eigenvalue weighted by atomic mass is 10.3. The van der Waals surface area contributed by atoms with Gasteiger partial charge >= 0.3 is 0 Å². The molecule has 3 aromatic heterocycles. The SMILES string of the molecule is Nc1ccc(-c2nc(-c3ccc(F)cn3)no2)nc1. The maximum Gasteiger partial charge on any atom is 0.276 e.